The van der Waals surface area contributed by atoms with Gasteiger partial charge in [-0.25, -0.2) is 9.37 Å². The number of carbonyl (C=O) groups excluding carboxylic acids is 1. The van der Waals surface area contributed by atoms with Crippen molar-refractivity contribution < 1.29 is 9.18 Å². The lowest BCUT2D eigenvalue weighted by atomic mass is 10.00. The van der Waals surface area contributed by atoms with Crippen molar-refractivity contribution in [3.05, 3.63) is 63.6 Å². The van der Waals surface area contributed by atoms with Gasteiger partial charge < -0.3 is 9.88 Å². The van der Waals surface area contributed by atoms with Crippen LogP contribution in [-0.4, -0.2) is 27.3 Å². The molecular weight excluding hydrogens is 333 g/mol. The number of benzene rings is 1. The fourth-order valence-corrected chi connectivity index (χ4v) is 3.69. The first-order valence-electron chi connectivity index (χ1n) is 9.29. The summed E-state index contributed by atoms with van der Waals surface area (Å²) in [6.07, 6.45) is 7.10. The lowest BCUT2D eigenvalue weighted by Crippen LogP contribution is -2.38. The van der Waals surface area contributed by atoms with Gasteiger partial charge >= 0.3 is 0 Å². The summed E-state index contributed by atoms with van der Waals surface area (Å²) in [5.41, 5.74) is 0.464. The van der Waals surface area contributed by atoms with E-state index < -0.39 is 0 Å². The zero-order chi connectivity index (χ0) is 18.1. The highest BCUT2D eigenvalue weighted by Crippen LogP contribution is 2.37. The van der Waals surface area contributed by atoms with Gasteiger partial charge in [-0.2, -0.15) is 0 Å². The molecule has 1 atom stereocenters. The van der Waals surface area contributed by atoms with Crippen LogP contribution in [-0.2, 0) is 0 Å². The first kappa shape index (κ1) is 16.9. The maximum atomic E-state index is 13.7. The molecule has 0 spiro atoms. The maximum Gasteiger partial charge on any atom is 0.263 e. The molecule has 1 saturated heterocycles. The van der Waals surface area contributed by atoms with Crippen molar-refractivity contribution in [2.45, 2.75) is 50.5 Å². The molecule has 1 aromatic heterocycles. The largest absolute Gasteiger partial charge is 0.331 e. The molecule has 4 rings (SSSR count). The van der Waals surface area contributed by atoms with E-state index in [-0.39, 0.29) is 28.9 Å². The van der Waals surface area contributed by atoms with Crippen LogP contribution in [0.4, 0.5) is 4.39 Å². The second-order valence-corrected chi connectivity index (χ2v) is 7.20. The van der Waals surface area contributed by atoms with Crippen LogP contribution in [0.15, 0.2) is 35.3 Å². The van der Waals surface area contributed by atoms with E-state index in [0.717, 1.165) is 44.1 Å². The highest BCUT2D eigenvalue weighted by Gasteiger charge is 2.31. The second kappa shape index (κ2) is 7.02. The van der Waals surface area contributed by atoms with Crippen molar-refractivity contribution in [2.75, 3.05) is 6.54 Å². The predicted molar refractivity (Wildman–Crippen MR) is 95.5 cm³/mol. The Morgan fingerprint density at radius 3 is 2.77 bits per heavy atom. The van der Waals surface area contributed by atoms with Gasteiger partial charge in [-0.3, -0.25) is 9.59 Å². The molecule has 2 aliphatic rings. The summed E-state index contributed by atoms with van der Waals surface area (Å²) >= 11 is 0. The van der Waals surface area contributed by atoms with Crippen LogP contribution in [0.25, 0.3) is 0 Å². The number of amides is 1. The van der Waals surface area contributed by atoms with Gasteiger partial charge in [0.1, 0.15) is 17.2 Å². The Kier molecular flexibility index (Phi) is 4.57. The minimum Gasteiger partial charge on any atom is -0.331 e. The number of aromatic nitrogens is 2. The van der Waals surface area contributed by atoms with Crippen molar-refractivity contribution in [2.24, 2.45) is 0 Å². The topological polar surface area (TPSA) is 66.1 Å². The third-order valence-electron chi connectivity index (χ3n) is 5.26. The van der Waals surface area contributed by atoms with Gasteiger partial charge in [0.15, 0.2) is 0 Å². The zero-order valence-corrected chi connectivity index (χ0v) is 14.6. The van der Waals surface area contributed by atoms with Crippen molar-refractivity contribution in [3.8, 4) is 0 Å². The molecule has 2 fully saturated rings. The fourth-order valence-electron chi connectivity index (χ4n) is 3.69. The molecule has 0 unspecified atom stereocenters. The van der Waals surface area contributed by atoms with Crippen LogP contribution < -0.4 is 5.56 Å². The number of halogens is 1. The smallest absolute Gasteiger partial charge is 0.263 e. The Labute approximate surface area is 151 Å². The molecule has 1 aromatic carbocycles. The van der Waals surface area contributed by atoms with E-state index in [9.17, 15) is 14.0 Å². The first-order valence-corrected chi connectivity index (χ1v) is 9.29. The predicted octanol–water partition coefficient (Wildman–Crippen LogP) is 3.54. The number of carbonyl (C=O) groups is 1. The van der Waals surface area contributed by atoms with E-state index in [4.69, 9.17) is 0 Å². The molecule has 2 heterocycles. The molecule has 1 N–H and O–H groups in total. The minimum atomic E-state index is -0.380. The number of nitrogens with one attached hydrogen (secondary N) is 1. The molecule has 6 heteroatoms. The van der Waals surface area contributed by atoms with Crippen molar-refractivity contribution >= 4 is 5.91 Å². The molecule has 136 valence electrons. The van der Waals surface area contributed by atoms with Crippen LogP contribution in [0.5, 0.6) is 0 Å². The third kappa shape index (κ3) is 3.41. The van der Waals surface area contributed by atoms with Crippen molar-refractivity contribution in [1.29, 1.82) is 0 Å². The lowest BCUT2D eigenvalue weighted by Gasteiger charge is -2.30. The van der Waals surface area contributed by atoms with E-state index in [1.807, 2.05) is 6.07 Å². The van der Waals surface area contributed by atoms with Crippen LogP contribution in [0.1, 0.15) is 72.2 Å². The Hall–Kier alpha value is -2.50. The Balaban J connectivity index is 1.66. The zero-order valence-electron chi connectivity index (χ0n) is 14.6. The second-order valence-electron chi connectivity index (χ2n) is 7.20. The Bertz CT molecular complexity index is 875. The fraction of sp³-hybridized carbons (Fsp3) is 0.450. The summed E-state index contributed by atoms with van der Waals surface area (Å²) in [6, 6.07) is 6.17. The number of hydrogen-bond acceptors (Lipinski definition) is 3. The van der Waals surface area contributed by atoms with Gasteiger partial charge in [0, 0.05) is 18.7 Å². The molecular formula is C20H22FN3O2. The number of rotatable bonds is 3. The molecule has 2 aromatic rings. The van der Waals surface area contributed by atoms with Gasteiger partial charge in [0.2, 0.25) is 0 Å². The quantitative estimate of drug-likeness (QED) is 0.916. The molecule has 0 bridgehead atoms. The van der Waals surface area contributed by atoms with Crippen molar-refractivity contribution in [3.63, 3.8) is 0 Å². The molecule has 26 heavy (non-hydrogen) atoms. The first-order chi connectivity index (χ1) is 12.6. The summed E-state index contributed by atoms with van der Waals surface area (Å²) in [6.45, 7) is 0.559. The monoisotopic (exact) mass is 355 g/mol. The van der Waals surface area contributed by atoms with Crippen molar-refractivity contribution in [1.82, 2.24) is 14.9 Å². The number of hydrogen-bond donors (Lipinski definition) is 1. The summed E-state index contributed by atoms with van der Waals surface area (Å²) in [4.78, 5) is 34.3. The van der Waals surface area contributed by atoms with Crippen LogP contribution in [0.2, 0.25) is 0 Å². The summed E-state index contributed by atoms with van der Waals surface area (Å²) in [5.74, 6) is 0.360. The van der Waals surface area contributed by atoms with E-state index in [1.165, 1.54) is 18.3 Å². The summed E-state index contributed by atoms with van der Waals surface area (Å²) in [7, 11) is 0. The molecule has 0 radical (unpaired) electrons. The molecule has 1 saturated carbocycles. The Morgan fingerprint density at radius 2 is 2.04 bits per heavy atom. The van der Waals surface area contributed by atoms with E-state index in [2.05, 4.69) is 9.97 Å². The lowest BCUT2D eigenvalue weighted by molar-refractivity contribution is 0.0678. The molecule has 1 aliphatic heterocycles. The third-order valence-corrected chi connectivity index (χ3v) is 5.26. The average Bonchev–Trinajstić information content (AvgIpc) is 3.47. The summed E-state index contributed by atoms with van der Waals surface area (Å²) in [5, 5.41) is 0. The number of H-pyrrole nitrogens is 1. The molecule has 5 nitrogen and oxygen atoms in total. The standard InChI is InChI=1S/C20H22FN3O2/c21-15-6-4-5-14(11-15)17-7-2-1-3-10-24(17)20(26)16-12-22-18(13-8-9-13)23-19(16)25/h4-6,11-13,17H,1-3,7-10H2,(H,22,23,25)/t17-/m1/s1. The van der Waals surface area contributed by atoms with E-state index in [1.54, 1.807) is 11.0 Å². The van der Waals surface area contributed by atoms with Crippen LogP contribution in [0, 0.1) is 5.82 Å². The number of likely N-dealkylation sites (tertiary alicyclic amines) is 1. The van der Waals surface area contributed by atoms with Gasteiger partial charge in [0.05, 0.1) is 6.04 Å². The minimum absolute atomic E-state index is 0.0673. The summed E-state index contributed by atoms with van der Waals surface area (Å²) < 4.78 is 13.7. The van der Waals surface area contributed by atoms with Gasteiger partial charge in [0.25, 0.3) is 11.5 Å². The van der Waals surface area contributed by atoms with E-state index >= 15 is 0 Å². The Morgan fingerprint density at radius 1 is 1.19 bits per heavy atom. The van der Waals surface area contributed by atoms with Gasteiger partial charge in [-0.1, -0.05) is 25.0 Å². The highest BCUT2D eigenvalue weighted by molar-refractivity contribution is 5.93. The van der Waals surface area contributed by atoms with Crippen LogP contribution >= 0.6 is 0 Å². The highest BCUT2D eigenvalue weighted by atomic mass is 19.1. The average molecular weight is 355 g/mol. The van der Waals surface area contributed by atoms with Gasteiger partial charge in [-0.15, -0.1) is 0 Å². The normalized spacial score (nSPS) is 20.7. The van der Waals surface area contributed by atoms with E-state index in [0.29, 0.717) is 18.3 Å². The number of aromatic amines is 1. The SMILES string of the molecule is O=C(c1cnc(C2CC2)[nH]c1=O)N1CCCCC[C@@H]1c1cccc(F)c1. The van der Waals surface area contributed by atoms with Gasteiger partial charge in [-0.05, 0) is 43.4 Å². The van der Waals surface area contributed by atoms with Crippen LogP contribution in [0.3, 0.4) is 0 Å². The molecule has 1 aliphatic carbocycles. The maximum absolute atomic E-state index is 13.7. The molecule has 1 amide bonds. The number of nitrogens with zero attached hydrogens (tertiary/aromatic N) is 2.